The molecule has 184 valence electrons. The van der Waals surface area contributed by atoms with E-state index in [9.17, 15) is 18.0 Å². The number of benzene rings is 1. The number of hydrogen-bond acceptors (Lipinski definition) is 7. The van der Waals surface area contributed by atoms with E-state index < -0.39 is 18.0 Å². The van der Waals surface area contributed by atoms with Crippen molar-refractivity contribution in [3.05, 3.63) is 36.0 Å². The van der Waals surface area contributed by atoms with Crippen LogP contribution < -0.4 is 26.6 Å². The highest BCUT2D eigenvalue weighted by atomic mass is 19.4. The van der Waals surface area contributed by atoms with Crippen molar-refractivity contribution in [2.75, 3.05) is 20.9 Å². The number of rotatable bonds is 5. The first kappa shape index (κ1) is 23.9. The van der Waals surface area contributed by atoms with Crippen LogP contribution in [0.2, 0.25) is 0 Å². The fourth-order valence-electron chi connectivity index (χ4n) is 4.48. The Morgan fingerprint density at radius 1 is 1.18 bits per heavy atom. The van der Waals surface area contributed by atoms with Gasteiger partial charge >= 0.3 is 6.18 Å². The Balaban J connectivity index is 1.63. The van der Waals surface area contributed by atoms with E-state index in [2.05, 4.69) is 20.9 Å². The van der Waals surface area contributed by atoms with Gasteiger partial charge in [0.15, 0.2) is 12.1 Å². The summed E-state index contributed by atoms with van der Waals surface area (Å²) in [5, 5.41) is 9.75. The van der Waals surface area contributed by atoms with E-state index in [1.807, 2.05) is 25.7 Å². The molecule has 1 amide bonds. The zero-order chi connectivity index (χ0) is 24.7. The smallest absolute Gasteiger partial charge is 0.369 e. The second-order valence-electron chi connectivity index (χ2n) is 9.89. The lowest BCUT2D eigenvalue weighted by atomic mass is 9.85. The third-order valence-electron chi connectivity index (χ3n) is 6.06. The quantitative estimate of drug-likeness (QED) is 0.506. The fraction of sp³-hybridized carbons (Fsp3) is 0.522. The molecule has 5 N–H and O–H groups in total. The van der Waals surface area contributed by atoms with E-state index in [0.29, 0.717) is 48.8 Å². The number of carbonyl (C=O) groups excluding carboxylic acids is 1. The number of carbonyl (C=O) groups is 1. The van der Waals surface area contributed by atoms with E-state index in [-0.39, 0.29) is 23.4 Å². The highest BCUT2D eigenvalue weighted by Crippen LogP contribution is 2.40. The molecule has 1 aromatic carbocycles. The number of halogens is 3. The molecule has 2 aromatic rings. The van der Waals surface area contributed by atoms with Gasteiger partial charge in [-0.3, -0.25) is 4.79 Å². The minimum absolute atomic E-state index is 0.0186. The first-order valence-corrected chi connectivity index (χ1v) is 11.3. The number of primary amides is 1. The van der Waals surface area contributed by atoms with Crippen LogP contribution in [-0.4, -0.2) is 33.7 Å². The molecule has 34 heavy (non-hydrogen) atoms. The molecule has 1 fully saturated rings. The Hall–Kier alpha value is -3.24. The fourth-order valence-corrected chi connectivity index (χ4v) is 4.48. The molecule has 1 saturated carbocycles. The van der Waals surface area contributed by atoms with Crippen LogP contribution in [0.3, 0.4) is 0 Å². The topological polar surface area (TPSA) is 108 Å². The summed E-state index contributed by atoms with van der Waals surface area (Å²) in [4.78, 5) is 22.8. The van der Waals surface area contributed by atoms with E-state index in [4.69, 9.17) is 10.7 Å². The first-order chi connectivity index (χ1) is 15.9. The predicted molar refractivity (Wildman–Crippen MR) is 125 cm³/mol. The van der Waals surface area contributed by atoms with E-state index >= 15 is 0 Å². The number of amides is 1. The minimum Gasteiger partial charge on any atom is -0.369 e. The van der Waals surface area contributed by atoms with Gasteiger partial charge in [-0.05, 0) is 64.7 Å². The maximum atomic E-state index is 13.2. The lowest BCUT2D eigenvalue weighted by molar-refractivity contribution is -0.137. The van der Waals surface area contributed by atoms with Crippen LogP contribution in [0, 0.1) is 5.92 Å². The summed E-state index contributed by atoms with van der Waals surface area (Å²) in [6, 6.07) is 5.12. The molecule has 1 aliphatic heterocycles. The van der Waals surface area contributed by atoms with Crippen molar-refractivity contribution < 1.29 is 18.0 Å². The van der Waals surface area contributed by atoms with Gasteiger partial charge in [-0.15, -0.1) is 0 Å². The van der Waals surface area contributed by atoms with Gasteiger partial charge in [0.2, 0.25) is 11.9 Å². The number of hydrogen-bond donors (Lipinski definition) is 4. The second-order valence-corrected chi connectivity index (χ2v) is 9.89. The molecule has 1 atom stereocenters. The molecule has 2 aliphatic rings. The second kappa shape index (κ2) is 8.84. The van der Waals surface area contributed by atoms with Crippen molar-refractivity contribution in [1.82, 2.24) is 9.97 Å². The van der Waals surface area contributed by atoms with Crippen molar-refractivity contribution in [2.24, 2.45) is 11.7 Å². The summed E-state index contributed by atoms with van der Waals surface area (Å²) in [6.07, 6.45) is -0.571. The third kappa shape index (κ3) is 5.28. The highest BCUT2D eigenvalue weighted by molar-refractivity contribution is 5.77. The molecule has 1 aromatic heterocycles. The standard InChI is InChI=1S/C23H30F3N7O/c1-22(2,3)32-20-28-12-17-19(31-20)33(16-9-7-13(8-10-16)18(27)34)21(30-17)29-15-6-4-5-14(11-15)23(24,25)26/h4-6,11-13,16,21,29-30H,7-10H2,1-3H3,(H2,27,34)(H,28,31,32). The Labute approximate surface area is 196 Å². The van der Waals surface area contributed by atoms with Gasteiger partial charge in [-0.2, -0.15) is 18.2 Å². The maximum absolute atomic E-state index is 13.2. The van der Waals surface area contributed by atoms with Crippen LogP contribution >= 0.6 is 0 Å². The molecule has 11 heteroatoms. The van der Waals surface area contributed by atoms with E-state index in [1.54, 1.807) is 12.3 Å². The van der Waals surface area contributed by atoms with Crippen LogP contribution in [0.15, 0.2) is 30.5 Å². The van der Waals surface area contributed by atoms with Crippen molar-refractivity contribution in [3.8, 4) is 0 Å². The zero-order valence-electron chi connectivity index (χ0n) is 19.4. The Morgan fingerprint density at radius 3 is 2.50 bits per heavy atom. The molecular formula is C23H30F3N7O. The molecule has 4 rings (SSSR count). The van der Waals surface area contributed by atoms with Crippen LogP contribution in [-0.2, 0) is 11.0 Å². The average molecular weight is 478 g/mol. The summed E-state index contributed by atoms with van der Waals surface area (Å²) >= 11 is 0. The van der Waals surface area contributed by atoms with Crippen LogP contribution in [0.5, 0.6) is 0 Å². The molecule has 2 heterocycles. The largest absolute Gasteiger partial charge is 0.416 e. The van der Waals surface area contributed by atoms with E-state index in [0.717, 1.165) is 12.1 Å². The number of nitrogens with one attached hydrogen (secondary N) is 3. The number of nitrogens with two attached hydrogens (primary N) is 1. The van der Waals surface area contributed by atoms with Crippen molar-refractivity contribution >= 4 is 29.0 Å². The Morgan fingerprint density at radius 2 is 1.88 bits per heavy atom. The van der Waals surface area contributed by atoms with Gasteiger partial charge in [0.05, 0.1) is 17.4 Å². The number of anilines is 4. The normalized spacial score (nSPS) is 22.6. The molecule has 0 spiro atoms. The van der Waals surface area contributed by atoms with Crippen molar-refractivity contribution in [2.45, 2.75) is 70.5 Å². The van der Waals surface area contributed by atoms with Gasteiger partial charge in [-0.1, -0.05) is 6.07 Å². The molecule has 8 nitrogen and oxygen atoms in total. The minimum atomic E-state index is -4.43. The van der Waals surface area contributed by atoms with Gasteiger partial charge in [0.25, 0.3) is 0 Å². The van der Waals surface area contributed by atoms with Crippen molar-refractivity contribution in [3.63, 3.8) is 0 Å². The summed E-state index contributed by atoms with van der Waals surface area (Å²) < 4.78 is 39.7. The summed E-state index contributed by atoms with van der Waals surface area (Å²) in [5.74, 6) is 0.665. The molecule has 0 radical (unpaired) electrons. The maximum Gasteiger partial charge on any atom is 0.416 e. The predicted octanol–water partition coefficient (Wildman–Crippen LogP) is 4.38. The molecule has 1 unspecified atom stereocenters. The Bertz CT molecular complexity index is 1050. The average Bonchev–Trinajstić information content (AvgIpc) is 3.09. The molecule has 0 bridgehead atoms. The molecule has 1 aliphatic carbocycles. The lowest BCUT2D eigenvalue weighted by Crippen LogP contribution is -2.50. The van der Waals surface area contributed by atoms with Gasteiger partial charge in [0, 0.05) is 23.2 Å². The van der Waals surface area contributed by atoms with Crippen LogP contribution in [0.25, 0.3) is 0 Å². The monoisotopic (exact) mass is 477 g/mol. The Kier molecular flexibility index (Phi) is 6.22. The van der Waals surface area contributed by atoms with Gasteiger partial charge in [0.1, 0.15) is 0 Å². The van der Waals surface area contributed by atoms with Gasteiger partial charge < -0.3 is 26.6 Å². The third-order valence-corrected chi connectivity index (χ3v) is 6.06. The highest BCUT2D eigenvalue weighted by Gasteiger charge is 2.39. The summed E-state index contributed by atoms with van der Waals surface area (Å²) in [7, 11) is 0. The van der Waals surface area contributed by atoms with Crippen molar-refractivity contribution in [1.29, 1.82) is 0 Å². The number of alkyl halides is 3. The number of fused-ring (bicyclic) bond motifs is 1. The number of aromatic nitrogens is 2. The SMILES string of the molecule is CC(C)(C)Nc1ncc2c(n1)N(C1CCC(C(N)=O)CC1)C(Nc1cccc(C(F)(F)F)c1)N2. The lowest BCUT2D eigenvalue weighted by Gasteiger charge is -2.38. The van der Waals surface area contributed by atoms with Gasteiger partial charge in [-0.25, -0.2) is 4.98 Å². The van der Waals surface area contributed by atoms with Crippen LogP contribution in [0.1, 0.15) is 52.0 Å². The summed E-state index contributed by atoms with van der Waals surface area (Å²) in [6.45, 7) is 6.01. The van der Waals surface area contributed by atoms with Crippen LogP contribution in [0.4, 0.5) is 36.3 Å². The number of nitrogens with zero attached hydrogens (tertiary/aromatic N) is 3. The molecular weight excluding hydrogens is 447 g/mol. The van der Waals surface area contributed by atoms with E-state index in [1.165, 1.54) is 6.07 Å². The molecule has 0 saturated heterocycles. The summed E-state index contributed by atoms with van der Waals surface area (Å²) in [5.41, 5.74) is 5.54. The first-order valence-electron chi connectivity index (χ1n) is 11.3. The zero-order valence-corrected chi connectivity index (χ0v) is 19.4.